The molecule has 1 aromatic heterocycles. The molecular weight excluding hydrogens is 312 g/mol. The monoisotopic (exact) mass is 344 g/mol. The molecule has 2 rings (SSSR count). The third-order valence-corrected chi connectivity index (χ3v) is 4.34. The lowest BCUT2D eigenvalue weighted by Crippen LogP contribution is -2.32. The van der Waals surface area contributed by atoms with Crippen LogP contribution in [-0.4, -0.2) is 40.9 Å². The van der Waals surface area contributed by atoms with E-state index in [9.17, 15) is 5.11 Å². The molecule has 0 aliphatic rings. The molecule has 0 unspecified atom stereocenters. The summed E-state index contributed by atoms with van der Waals surface area (Å²) in [6.45, 7) is 9.74. The molecule has 4 heteroatoms. The number of rotatable bonds is 10. The Bertz CT molecular complexity index is 634. The minimum atomic E-state index is -0.311. The maximum absolute atomic E-state index is 9.82. The molecule has 0 spiro atoms. The number of aliphatic hydroxyl groups excluding tert-OH is 1. The van der Waals surface area contributed by atoms with Crippen molar-refractivity contribution in [2.75, 3.05) is 20.2 Å². The predicted molar refractivity (Wildman–Crippen MR) is 103 cm³/mol. The first-order chi connectivity index (χ1) is 12.0. The molecule has 0 saturated carbocycles. The van der Waals surface area contributed by atoms with Gasteiger partial charge < -0.3 is 14.4 Å². The third-order valence-electron chi connectivity index (χ3n) is 4.34. The first-order valence-corrected chi connectivity index (χ1v) is 9.15. The van der Waals surface area contributed by atoms with Gasteiger partial charge in [-0.3, -0.25) is 4.90 Å². The molecule has 0 aliphatic heterocycles. The van der Waals surface area contributed by atoms with Crippen LogP contribution in [0.1, 0.15) is 38.4 Å². The molecule has 2 aromatic rings. The van der Waals surface area contributed by atoms with Crippen molar-refractivity contribution in [3.63, 3.8) is 0 Å². The molecule has 0 bridgehead atoms. The zero-order chi connectivity index (χ0) is 18.2. The highest BCUT2D eigenvalue weighted by molar-refractivity contribution is 5.29. The molecule has 1 heterocycles. The molecular formula is C21H32N2O2. The minimum absolute atomic E-state index is 0.311. The first-order valence-electron chi connectivity index (χ1n) is 9.15. The summed E-state index contributed by atoms with van der Waals surface area (Å²) in [5.41, 5.74) is 2.49. The van der Waals surface area contributed by atoms with Gasteiger partial charge >= 0.3 is 0 Å². The number of methoxy groups -OCH3 is 1. The Balaban J connectivity index is 2.07. The van der Waals surface area contributed by atoms with Gasteiger partial charge in [-0.05, 0) is 55.6 Å². The van der Waals surface area contributed by atoms with Gasteiger partial charge in [-0.15, -0.1) is 0 Å². The van der Waals surface area contributed by atoms with Crippen LogP contribution in [-0.2, 0) is 13.1 Å². The first kappa shape index (κ1) is 19.5. The maximum Gasteiger partial charge on any atom is 0.119 e. The van der Waals surface area contributed by atoms with Gasteiger partial charge in [-0.25, -0.2) is 0 Å². The Kier molecular flexibility index (Phi) is 7.53. The molecule has 4 nitrogen and oxygen atoms in total. The smallest absolute Gasteiger partial charge is 0.119 e. The van der Waals surface area contributed by atoms with E-state index in [1.54, 1.807) is 7.11 Å². The summed E-state index contributed by atoms with van der Waals surface area (Å²) in [6, 6.07) is 12.5. The summed E-state index contributed by atoms with van der Waals surface area (Å²) in [6.07, 6.45) is 2.95. The van der Waals surface area contributed by atoms with Crippen molar-refractivity contribution in [3.05, 3.63) is 53.9 Å². The van der Waals surface area contributed by atoms with Crippen LogP contribution in [0, 0.1) is 5.92 Å². The molecule has 0 radical (unpaired) electrons. The summed E-state index contributed by atoms with van der Waals surface area (Å²) in [5.74, 6) is 1.55. The lowest BCUT2D eigenvalue weighted by atomic mass is 10.1. The van der Waals surface area contributed by atoms with E-state index in [0.29, 0.717) is 12.5 Å². The van der Waals surface area contributed by atoms with Crippen LogP contribution in [0.2, 0.25) is 0 Å². The molecule has 138 valence electrons. The largest absolute Gasteiger partial charge is 0.497 e. The quantitative estimate of drug-likeness (QED) is 0.713. The number of benzene rings is 1. The Morgan fingerprint density at radius 3 is 2.64 bits per heavy atom. The molecule has 0 aliphatic carbocycles. The Hall–Kier alpha value is -1.78. The summed E-state index contributed by atoms with van der Waals surface area (Å²) in [7, 11) is 1.70. The Morgan fingerprint density at radius 1 is 1.16 bits per heavy atom. The van der Waals surface area contributed by atoms with Crippen LogP contribution in [0.25, 0.3) is 0 Å². The van der Waals surface area contributed by atoms with Crippen molar-refractivity contribution < 1.29 is 9.84 Å². The van der Waals surface area contributed by atoms with Gasteiger partial charge in [0.25, 0.3) is 0 Å². The Labute approximate surface area is 152 Å². The fourth-order valence-corrected chi connectivity index (χ4v) is 2.99. The van der Waals surface area contributed by atoms with Crippen molar-refractivity contribution >= 4 is 0 Å². The van der Waals surface area contributed by atoms with Crippen LogP contribution in [0.4, 0.5) is 0 Å². The lowest BCUT2D eigenvalue weighted by molar-refractivity contribution is 0.117. The molecule has 25 heavy (non-hydrogen) atoms. The summed E-state index contributed by atoms with van der Waals surface area (Å²) in [4.78, 5) is 2.35. The number of hydrogen-bond donors (Lipinski definition) is 1. The SMILES string of the molecule is COc1cccc(Cn2cccc2CN(CCC(C)C)C[C@H](C)O)c1. The molecule has 0 amide bonds. The normalized spacial score (nSPS) is 12.8. The number of ether oxygens (including phenoxy) is 1. The van der Waals surface area contributed by atoms with Crippen molar-refractivity contribution in [3.8, 4) is 5.75 Å². The number of nitrogens with zero attached hydrogens (tertiary/aromatic N) is 2. The average Bonchev–Trinajstić information content (AvgIpc) is 2.99. The maximum atomic E-state index is 9.82. The van der Waals surface area contributed by atoms with Gasteiger partial charge in [0.1, 0.15) is 5.75 Å². The number of aliphatic hydroxyl groups is 1. The van der Waals surface area contributed by atoms with Gasteiger partial charge in [0, 0.05) is 31.5 Å². The second kappa shape index (κ2) is 9.64. The van der Waals surface area contributed by atoms with Gasteiger partial charge in [0.05, 0.1) is 13.2 Å². The third kappa shape index (κ3) is 6.56. The van der Waals surface area contributed by atoms with Gasteiger partial charge in [0.15, 0.2) is 0 Å². The van der Waals surface area contributed by atoms with Gasteiger partial charge in [0.2, 0.25) is 0 Å². The van der Waals surface area contributed by atoms with E-state index in [2.05, 4.69) is 53.8 Å². The summed E-state index contributed by atoms with van der Waals surface area (Å²) in [5, 5.41) is 9.82. The van der Waals surface area contributed by atoms with E-state index in [1.807, 2.05) is 19.1 Å². The summed E-state index contributed by atoms with van der Waals surface area (Å²) < 4.78 is 7.60. The number of hydrogen-bond acceptors (Lipinski definition) is 3. The van der Waals surface area contributed by atoms with E-state index in [-0.39, 0.29) is 6.10 Å². The van der Waals surface area contributed by atoms with Crippen LogP contribution >= 0.6 is 0 Å². The lowest BCUT2D eigenvalue weighted by Gasteiger charge is -2.25. The molecule has 0 fully saturated rings. The predicted octanol–water partition coefficient (Wildman–Crippen LogP) is 3.77. The van der Waals surface area contributed by atoms with Crippen LogP contribution in [0.3, 0.4) is 0 Å². The Morgan fingerprint density at radius 2 is 1.96 bits per heavy atom. The standard InChI is InChI=1S/C21H32N2O2/c1-17(2)10-12-22(14-18(3)24)16-20-8-6-11-23(20)15-19-7-5-9-21(13-19)25-4/h5-9,11,13,17-18,24H,10,12,14-16H2,1-4H3/t18-/m0/s1. The van der Waals surface area contributed by atoms with Crippen molar-refractivity contribution in [2.45, 2.75) is 46.4 Å². The topological polar surface area (TPSA) is 37.6 Å². The van der Waals surface area contributed by atoms with Gasteiger partial charge in [-0.1, -0.05) is 26.0 Å². The van der Waals surface area contributed by atoms with Gasteiger partial charge in [-0.2, -0.15) is 0 Å². The van der Waals surface area contributed by atoms with E-state index >= 15 is 0 Å². The van der Waals surface area contributed by atoms with Crippen molar-refractivity contribution in [1.29, 1.82) is 0 Å². The highest BCUT2D eigenvalue weighted by Gasteiger charge is 2.12. The molecule has 0 saturated heterocycles. The van der Waals surface area contributed by atoms with Crippen molar-refractivity contribution in [2.24, 2.45) is 5.92 Å². The highest BCUT2D eigenvalue weighted by atomic mass is 16.5. The van der Waals surface area contributed by atoms with Crippen molar-refractivity contribution in [1.82, 2.24) is 9.47 Å². The van der Waals surface area contributed by atoms with Crippen LogP contribution in [0.15, 0.2) is 42.6 Å². The molecule has 1 atom stereocenters. The van der Waals surface area contributed by atoms with Crippen LogP contribution < -0.4 is 4.74 Å². The van der Waals surface area contributed by atoms with E-state index in [1.165, 1.54) is 11.3 Å². The minimum Gasteiger partial charge on any atom is -0.497 e. The van der Waals surface area contributed by atoms with E-state index in [0.717, 1.165) is 31.8 Å². The summed E-state index contributed by atoms with van der Waals surface area (Å²) >= 11 is 0. The fraction of sp³-hybridized carbons (Fsp3) is 0.524. The fourth-order valence-electron chi connectivity index (χ4n) is 2.99. The van der Waals surface area contributed by atoms with Crippen LogP contribution in [0.5, 0.6) is 5.75 Å². The van der Waals surface area contributed by atoms with E-state index < -0.39 is 0 Å². The zero-order valence-corrected chi connectivity index (χ0v) is 16.0. The second-order valence-electron chi connectivity index (χ2n) is 7.25. The average molecular weight is 344 g/mol. The molecule has 1 aromatic carbocycles. The second-order valence-corrected chi connectivity index (χ2v) is 7.25. The molecule has 1 N–H and O–H groups in total. The number of aromatic nitrogens is 1. The highest BCUT2D eigenvalue weighted by Crippen LogP contribution is 2.16. The van der Waals surface area contributed by atoms with E-state index in [4.69, 9.17) is 4.74 Å². The zero-order valence-electron chi connectivity index (χ0n) is 16.0.